The van der Waals surface area contributed by atoms with Crippen LogP contribution in [0.25, 0.3) is 55.3 Å². The average Bonchev–Trinajstić information content (AvgIpc) is 3.96. The van der Waals surface area contributed by atoms with Crippen molar-refractivity contribution < 1.29 is 9.15 Å². The van der Waals surface area contributed by atoms with Gasteiger partial charge in [-0.2, -0.15) is 0 Å². The molecule has 1 atom stereocenters. The highest BCUT2D eigenvalue weighted by atomic mass is 16.5. The number of ether oxygens (including phenoxy) is 1. The molecular weight excluding hydrogens is 783 g/mol. The Hall–Kier alpha value is -7.50. The summed E-state index contributed by atoms with van der Waals surface area (Å²) in [4.78, 5) is 2.42. The van der Waals surface area contributed by atoms with Crippen LogP contribution in [-0.2, 0) is 6.42 Å². The summed E-state index contributed by atoms with van der Waals surface area (Å²) < 4.78 is 12.5. The highest BCUT2D eigenvalue weighted by Gasteiger charge is 2.37. The van der Waals surface area contributed by atoms with Gasteiger partial charge in [0.15, 0.2) is 0 Å². The van der Waals surface area contributed by atoms with Crippen LogP contribution < -0.4 is 20.3 Å². The SMILES string of the molecule is C=C1/C=C\C=C/Cc2cc(-c3cc(-c4ccc5oc6ccccc6c5c4)cc(C4NC5=C(NCC=C5c5ccccc5C(/C=C\C)=C/C)N4c4ccccc4)c3)ccc2O1.CC.CC. The van der Waals surface area contributed by atoms with Gasteiger partial charge in [-0.25, -0.2) is 0 Å². The summed E-state index contributed by atoms with van der Waals surface area (Å²) in [6.07, 6.45) is 17.4. The van der Waals surface area contributed by atoms with Crippen LogP contribution in [0.4, 0.5) is 5.69 Å². The van der Waals surface area contributed by atoms with Crippen molar-refractivity contribution in [1.82, 2.24) is 10.6 Å². The summed E-state index contributed by atoms with van der Waals surface area (Å²) in [5.74, 6) is 2.49. The highest BCUT2D eigenvalue weighted by Crippen LogP contribution is 2.44. The molecule has 0 bridgehead atoms. The van der Waals surface area contributed by atoms with Gasteiger partial charge in [-0.1, -0.05) is 150 Å². The molecule has 3 aliphatic heterocycles. The van der Waals surface area contributed by atoms with Crippen LogP contribution in [0.1, 0.15) is 70.0 Å². The zero-order chi connectivity index (χ0) is 44.6. The summed E-state index contributed by atoms with van der Waals surface area (Å²) in [7, 11) is 0. The second-order valence-electron chi connectivity index (χ2n) is 15.3. The van der Waals surface area contributed by atoms with Gasteiger partial charge in [0.1, 0.15) is 34.7 Å². The molecule has 320 valence electrons. The molecule has 0 amide bonds. The number of nitrogens with zero attached hydrogens (tertiary/aromatic N) is 1. The summed E-state index contributed by atoms with van der Waals surface area (Å²) in [6.45, 7) is 17.0. The van der Waals surface area contributed by atoms with Crippen LogP contribution in [0.15, 0.2) is 210 Å². The van der Waals surface area contributed by atoms with E-state index in [0.29, 0.717) is 12.3 Å². The van der Waals surface area contributed by atoms with Crippen molar-refractivity contribution in [3.63, 3.8) is 0 Å². The van der Waals surface area contributed by atoms with Gasteiger partial charge in [-0.15, -0.1) is 0 Å². The Kier molecular flexibility index (Phi) is 13.3. The average molecular weight is 840 g/mol. The zero-order valence-corrected chi connectivity index (χ0v) is 37.8. The van der Waals surface area contributed by atoms with Crippen LogP contribution in [-0.4, -0.2) is 6.54 Å². The Labute approximate surface area is 378 Å². The van der Waals surface area contributed by atoms with Gasteiger partial charge in [-0.05, 0) is 137 Å². The fraction of sp³-hybridized carbons (Fsp3) is 0.153. The first-order chi connectivity index (χ1) is 31.6. The van der Waals surface area contributed by atoms with E-state index in [1.54, 1.807) is 0 Å². The molecule has 0 saturated carbocycles. The lowest BCUT2D eigenvalue weighted by Gasteiger charge is -2.30. The zero-order valence-electron chi connectivity index (χ0n) is 37.8. The Bertz CT molecular complexity index is 3010. The van der Waals surface area contributed by atoms with Crippen molar-refractivity contribution in [2.75, 3.05) is 11.4 Å². The number of rotatable bonds is 7. The van der Waals surface area contributed by atoms with Crippen molar-refractivity contribution in [3.05, 3.63) is 228 Å². The third kappa shape index (κ3) is 8.50. The van der Waals surface area contributed by atoms with E-state index in [1.807, 2.05) is 52.0 Å². The van der Waals surface area contributed by atoms with Gasteiger partial charge in [0.05, 0.1) is 5.70 Å². The molecule has 0 saturated heterocycles. The molecular formula is C59H57N3O2. The Morgan fingerprint density at radius 1 is 0.719 bits per heavy atom. The van der Waals surface area contributed by atoms with E-state index >= 15 is 0 Å². The first kappa shape index (κ1) is 43.2. The van der Waals surface area contributed by atoms with E-state index in [-0.39, 0.29) is 6.17 Å². The quantitative estimate of drug-likeness (QED) is 0.157. The second-order valence-corrected chi connectivity index (χ2v) is 15.3. The number of hydrogen-bond acceptors (Lipinski definition) is 5. The summed E-state index contributed by atoms with van der Waals surface area (Å²) >= 11 is 0. The maximum atomic E-state index is 6.27. The van der Waals surface area contributed by atoms with Crippen molar-refractivity contribution in [2.24, 2.45) is 0 Å². The summed E-state index contributed by atoms with van der Waals surface area (Å²) in [5, 5.41) is 10.1. The monoisotopic (exact) mass is 839 g/mol. The van der Waals surface area contributed by atoms with E-state index in [2.05, 4.69) is 194 Å². The van der Waals surface area contributed by atoms with Gasteiger partial charge in [0.25, 0.3) is 0 Å². The summed E-state index contributed by atoms with van der Waals surface area (Å²) in [6, 6.07) is 47.8. The van der Waals surface area contributed by atoms with Crippen molar-refractivity contribution in [2.45, 2.75) is 54.1 Å². The molecule has 64 heavy (non-hydrogen) atoms. The van der Waals surface area contributed by atoms with Gasteiger partial charge in [-0.3, -0.25) is 0 Å². The van der Waals surface area contributed by atoms with Crippen LogP contribution in [0, 0.1) is 0 Å². The number of benzene rings is 6. The van der Waals surface area contributed by atoms with Crippen LogP contribution in [0.2, 0.25) is 0 Å². The molecule has 2 N–H and O–H groups in total. The van der Waals surface area contributed by atoms with Gasteiger partial charge >= 0.3 is 0 Å². The molecule has 0 fully saturated rings. The Morgan fingerprint density at radius 3 is 2.23 bits per heavy atom. The number of anilines is 1. The molecule has 0 aliphatic carbocycles. The molecule has 4 heterocycles. The molecule has 3 aliphatic rings. The largest absolute Gasteiger partial charge is 0.458 e. The van der Waals surface area contributed by atoms with Crippen LogP contribution in [0.3, 0.4) is 0 Å². The lowest BCUT2D eigenvalue weighted by molar-refractivity contribution is 0.443. The third-order valence-corrected chi connectivity index (χ3v) is 11.6. The van der Waals surface area contributed by atoms with E-state index in [9.17, 15) is 0 Å². The minimum atomic E-state index is -0.235. The standard InChI is InChI=1S/C55H45N3O2.2C2H6/c1-4-16-37(5-2)45-21-12-13-22-46(45)48-29-30-56-55-53(48)57-54(58(55)44-19-10-7-11-20-44)43-33-41(38-25-27-50-40(31-38)18-9-6-8-17-36(3)59-50)32-42(34-43)39-26-28-52-49(35-39)47-23-14-15-24-51(47)60-52;2*1-2/h4-17,19-29,31-35,54,56-57H,3,18,30H2,1-2H3;2*1-2H3/b9-6-,16-4-,17-8-,37-5+;;. The number of hydrogen-bond donors (Lipinski definition) is 2. The predicted molar refractivity (Wildman–Crippen MR) is 272 cm³/mol. The normalized spacial score (nSPS) is 16.7. The lowest BCUT2D eigenvalue weighted by atomic mass is 9.91. The molecule has 0 spiro atoms. The maximum absolute atomic E-state index is 6.27. The number of fused-ring (bicyclic) bond motifs is 4. The van der Waals surface area contributed by atoms with Crippen molar-refractivity contribution in [1.29, 1.82) is 0 Å². The Morgan fingerprint density at radius 2 is 1.44 bits per heavy atom. The predicted octanol–water partition coefficient (Wildman–Crippen LogP) is 15.5. The fourth-order valence-corrected chi connectivity index (χ4v) is 8.76. The minimum absolute atomic E-state index is 0.235. The van der Waals surface area contributed by atoms with Crippen LogP contribution in [0.5, 0.6) is 5.75 Å². The highest BCUT2D eigenvalue weighted by molar-refractivity contribution is 6.06. The first-order valence-corrected chi connectivity index (χ1v) is 22.6. The lowest BCUT2D eigenvalue weighted by Crippen LogP contribution is -2.34. The molecule has 5 nitrogen and oxygen atoms in total. The number of allylic oxidation sites excluding steroid dienone is 9. The van der Waals surface area contributed by atoms with Crippen molar-refractivity contribution >= 4 is 38.8 Å². The smallest absolute Gasteiger partial charge is 0.135 e. The van der Waals surface area contributed by atoms with Gasteiger partial charge < -0.3 is 24.7 Å². The topological polar surface area (TPSA) is 49.7 Å². The van der Waals surface area contributed by atoms with Gasteiger partial charge in [0.2, 0.25) is 0 Å². The van der Waals surface area contributed by atoms with E-state index < -0.39 is 0 Å². The molecule has 10 rings (SSSR count). The molecule has 1 unspecified atom stereocenters. The van der Waals surface area contributed by atoms with E-state index in [4.69, 9.17) is 9.15 Å². The second kappa shape index (κ2) is 19.7. The van der Waals surface area contributed by atoms with Gasteiger partial charge in [0, 0.05) is 28.6 Å². The van der Waals surface area contributed by atoms with E-state index in [0.717, 1.165) is 84.7 Å². The Balaban J connectivity index is 0.00000136. The molecule has 1 aromatic heterocycles. The number of para-hydroxylation sites is 2. The minimum Gasteiger partial charge on any atom is -0.458 e. The molecule has 7 aromatic rings. The maximum Gasteiger partial charge on any atom is 0.135 e. The molecule has 6 aromatic carbocycles. The van der Waals surface area contributed by atoms with Crippen LogP contribution >= 0.6 is 0 Å². The summed E-state index contributed by atoms with van der Waals surface area (Å²) in [5.41, 5.74) is 15.4. The van der Waals surface area contributed by atoms with Crippen molar-refractivity contribution in [3.8, 4) is 28.0 Å². The third-order valence-electron chi connectivity index (χ3n) is 11.6. The first-order valence-electron chi connectivity index (χ1n) is 22.6. The fourth-order valence-electron chi connectivity index (χ4n) is 8.76. The molecule has 0 radical (unpaired) electrons. The number of dihydropyridines is 1. The number of nitrogens with one attached hydrogen (secondary N) is 2. The molecule has 5 heteroatoms. The number of furan rings is 1. The van der Waals surface area contributed by atoms with E-state index in [1.165, 1.54) is 22.3 Å².